The number of amides is 2. The molecule has 25 heavy (non-hydrogen) atoms. The molecule has 1 aromatic rings. The van der Waals surface area contributed by atoms with Crippen molar-refractivity contribution in [2.45, 2.75) is 39.0 Å². The molecule has 0 aliphatic carbocycles. The second kappa shape index (κ2) is 7.43. The molecule has 0 unspecified atom stereocenters. The Morgan fingerprint density at radius 2 is 1.88 bits per heavy atom. The number of carbonyl (C=O) groups is 3. The Kier molecular flexibility index (Phi) is 5.72. The van der Waals surface area contributed by atoms with Crippen molar-refractivity contribution in [2.75, 3.05) is 25.5 Å². The number of esters is 1. The van der Waals surface area contributed by atoms with Crippen LogP contribution in [0.4, 0.5) is 9.80 Å². The molecule has 7 nitrogen and oxygen atoms in total. The van der Waals surface area contributed by atoms with E-state index >= 15 is 0 Å². The molecule has 2 rings (SSSR count). The first kappa shape index (κ1) is 19.2. The van der Waals surface area contributed by atoms with E-state index in [1.807, 2.05) is 20.8 Å². The van der Waals surface area contributed by atoms with Crippen LogP contribution in [-0.4, -0.2) is 48.2 Å². The molecule has 0 aromatic carbocycles. The van der Waals surface area contributed by atoms with Crippen LogP contribution in [0.15, 0.2) is 6.07 Å². The van der Waals surface area contributed by atoms with Gasteiger partial charge in [0.2, 0.25) is 0 Å². The van der Waals surface area contributed by atoms with E-state index in [-0.39, 0.29) is 11.4 Å². The Labute approximate surface area is 151 Å². The number of carboxylic acid groups (broad SMARTS) is 1. The monoisotopic (exact) mass is 368 g/mol. The number of anilines is 1. The number of hydrogen-bond donors (Lipinski definition) is 2. The molecule has 0 radical (unpaired) electrons. The van der Waals surface area contributed by atoms with Gasteiger partial charge in [-0.15, -0.1) is 11.3 Å². The standard InChI is InChI=1S/C17H24N2O5S/c1-17(2,3)12-9-11(15(22)24-4)13(25-12)18-16(23)19-7-5-10(6-8-19)14(20)21/h9-10H,5-8H2,1-4H3,(H,18,23)(H,20,21). The molecule has 1 saturated heterocycles. The van der Waals surface area contributed by atoms with E-state index in [2.05, 4.69) is 5.32 Å². The number of likely N-dealkylation sites (tertiary alicyclic amines) is 1. The van der Waals surface area contributed by atoms with Gasteiger partial charge >= 0.3 is 18.0 Å². The van der Waals surface area contributed by atoms with Crippen LogP contribution in [0.3, 0.4) is 0 Å². The van der Waals surface area contributed by atoms with Gasteiger partial charge in [0.1, 0.15) is 5.00 Å². The molecule has 2 N–H and O–H groups in total. The average Bonchev–Trinajstić information content (AvgIpc) is 2.98. The number of hydrogen-bond acceptors (Lipinski definition) is 5. The normalized spacial score (nSPS) is 15.8. The molecule has 1 aliphatic heterocycles. The maximum Gasteiger partial charge on any atom is 0.340 e. The Hall–Kier alpha value is -2.09. The number of carboxylic acids is 1. The van der Waals surface area contributed by atoms with Gasteiger partial charge in [-0.05, 0) is 24.3 Å². The smallest absolute Gasteiger partial charge is 0.340 e. The van der Waals surface area contributed by atoms with Crippen LogP contribution in [0.25, 0.3) is 0 Å². The number of methoxy groups -OCH3 is 1. The number of ether oxygens (including phenoxy) is 1. The van der Waals surface area contributed by atoms with Gasteiger partial charge in [-0.25, -0.2) is 9.59 Å². The first-order chi connectivity index (χ1) is 11.6. The van der Waals surface area contributed by atoms with Crippen molar-refractivity contribution in [3.05, 3.63) is 16.5 Å². The fourth-order valence-electron chi connectivity index (χ4n) is 2.62. The molecular weight excluding hydrogens is 344 g/mol. The Morgan fingerprint density at radius 3 is 2.36 bits per heavy atom. The van der Waals surface area contributed by atoms with Crippen molar-refractivity contribution in [3.8, 4) is 0 Å². The topological polar surface area (TPSA) is 95.9 Å². The fraction of sp³-hybridized carbons (Fsp3) is 0.588. The lowest BCUT2D eigenvalue weighted by Crippen LogP contribution is -2.42. The summed E-state index contributed by atoms with van der Waals surface area (Å²) in [6.45, 7) is 6.86. The number of rotatable bonds is 3. The van der Waals surface area contributed by atoms with E-state index < -0.39 is 17.9 Å². The number of carbonyl (C=O) groups excluding carboxylic acids is 2. The van der Waals surface area contributed by atoms with E-state index in [4.69, 9.17) is 9.84 Å². The highest BCUT2D eigenvalue weighted by Crippen LogP contribution is 2.36. The van der Waals surface area contributed by atoms with E-state index in [0.717, 1.165) is 4.88 Å². The van der Waals surface area contributed by atoms with Gasteiger partial charge in [0.15, 0.2) is 0 Å². The maximum absolute atomic E-state index is 12.5. The lowest BCUT2D eigenvalue weighted by Gasteiger charge is -2.30. The first-order valence-electron chi connectivity index (χ1n) is 8.15. The third-order valence-electron chi connectivity index (χ3n) is 4.23. The molecular formula is C17H24N2O5S. The van der Waals surface area contributed by atoms with Crippen LogP contribution in [0, 0.1) is 5.92 Å². The van der Waals surface area contributed by atoms with E-state index in [9.17, 15) is 14.4 Å². The van der Waals surface area contributed by atoms with Crippen molar-refractivity contribution in [2.24, 2.45) is 5.92 Å². The molecule has 1 aromatic heterocycles. The zero-order chi connectivity index (χ0) is 18.8. The lowest BCUT2D eigenvalue weighted by atomic mass is 9.94. The minimum atomic E-state index is -0.818. The van der Waals surface area contributed by atoms with Gasteiger partial charge in [0.25, 0.3) is 0 Å². The van der Waals surface area contributed by atoms with Gasteiger partial charge in [-0.2, -0.15) is 0 Å². The van der Waals surface area contributed by atoms with Crippen LogP contribution in [0.1, 0.15) is 48.8 Å². The molecule has 8 heteroatoms. The summed E-state index contributed by atoms with van der Waals surface area (Å²) < 4.78 is 4.81. The van der Waals surface area contributed by atoms with Gasteiger partial charge in [-0.1, -0.05) is 20.8 Å². The Bertz CT molecular complexity index is 669. The molecule has 2 amide bonds. The van der Waals surface area contributed by atoms with Crippen molar-refractivity contribution < 1.29 is 24.2 Å². The van der Waals surface area contributed by atoms with Crippen LogP contribution in [-0.2, 0) is 14.9 Å². The number of piperidine rings is 1. The molecule has 0 saturated carbocycles. The van der Waals surface area contributed by atoms with E-state index in [0.29, 0.717) is 36.5 Å². The summed E-state index contributed by atoms with van der Waals surface area (Å²) in [4.78, 5) is 38.0. The summed E-state index contributed by atoms with van der Waals surface area (Å²) in [5.41, 5.74) is 0.183. The Balaban J connectivity index is 2.13. The van der Waals surface area contributed by atoms with Crippen molar-refractivity contribution in [3.63, 3.8) is 0 Å². The SMILES string of the molecule is COC(=O)c1cc(C(C)(C)C)sc1NC(=O)N1CCC(C(=O)O)CC1. The van der Waals surface area contributed by atoms with Crippen LogP contribution in [0.2, 0.25) is 0 Å². The third kappa shape index (κ3) is 4.50. The molecule has 1 aliphatic rings. The summed E-state index contributed by atoms with van der Waals surface area (Å²) in [6, 6.07) is 1.43. The maximum atomic E-state index is 12.5. The molecule has 0 atom stereocenters. The minimum absolute atomic E-state index is 0.156. The summed E-state index contributed by atoms with van der Waals surface area (Å²) in [5.74, 6) is -1.71. The summed E-state index contributed by atoms with van der Waals surface area (Å²) in [6.07, 6.45) is 0.870. The zero-order valence-electron chi connectivity index (χ0n) is 14.9. The van der Waals surface area contributed by atoms with Crippen molar-refractivity contribution >= 4 is 34.3 Å². The Morgan fingerprint density at radius 1 is 1.28 bits per heavy atom. The van der Waals surface area contributed by atoms with Crippen molar-refractivity contribution in [1.29, 1.82) is 0 Å². The molecule has 0 spiro atoms. The molecule has 2 heterocycles. The number of urea groups is 1. The predicted molar refractivity (Wildman–Crippen MR) is 95.3 cm³/mol. The summed E-state index contributed by atoms with van der Waals surface area (Å²) in [5, 5.41) is 12.3. The highest BCUT2D eigenvalue weighted by atomic mass is 32.1. The molecule has 138 valence electrons. The van der Waals surface area contributed by atoms with Crippen LogP contribution < -0.4 is 5.32 Å². The van der Waals surface area contributed by atoms with E-state index in [1.54, 1.807) is 11.0 Å². The van der Waals surface area contributed by atoms with Gasteiger partial charge < -0.3 is 14.7 Å². The zero-order valence-corrected chi connectivity index (χ0v) is 15.7. The lowest BCUT2D eigenvalue weighted by molar-refractivity contribution is -0.143. The highest BCUT2D eigenvalue weighted by molar-refractivity contribution is 7.16. The molecule has 1 fully saturated rings. The quantitative estimate of drug-likeness (QED) is 0.799. The number of thiophene rings is 1. The predicted octanol–water partition coefficient (Wildman–Crippen LogP) is 3.16. The second-order valence-corrected chi connectivity index (χ2v) is 8.18. The number of aliphatic carboxylic acids is 1. The molecule has 0 bridgehead atoms. The van der Waals surface area contributed by atoms with Gasteiger partial charge in [-0.3, -0.25) is 10.1 Å². The summed E-state index contributed by atoms with van der Waals surface area (Å²) in [7, 11) is 1.30. The first-order valence-corrected chi connectivity index (χ1v) is 8.96. The van der Waals surface area contributed by atoms with Crippen molar-refractivity contribution in [1.82, 2.24) is 4.90 Å². The fourth-order valence-corrected chi connectivity index (χ4v) is 3.71. The summed E-state index contributed by atoms with van der Waals surface area (Å²) >= 11 is 1.35. The largest absolute Gasteiger partial charge is 0.481 e. The second-order valence-electron chi connectivity index (χ2n) is 7.12. The highest BCUT2D eigenvalue weighted by Gasteiger charge is 2.29. The van der Waals surface area contributed by atoms with Gasteiger partial charge in [0, 0.05) is 18.0 Å². The van der Waals surface area contributed by atoms with E-state index in [1.165, 1.54) is 18.4 Å². The minimum Gasteiger partial charge on any atom is -0.481 e. The van der Waals surface area contributed by atoms with Crippen LogP contribution >= 0.6 is 11.3 Å². The third-order valence-corrected chi connectivity index (χ3v) is 5.70. The average molecular weight is 368 g/mol. The number of nitrogens with zero attached hydrogens (tertiary/aromatic N) is 1. The number of nitrogens with one attached hydrogen (secondary N) is 1. The van der Waals surface area contributed by atoms with Gasteiger partial charge in [0.05, 0.1) is 18.6 Å². The van der Waals surface area contributed by atoms with Crippen LogP contribution in [0.5, 0.6) is 0 Å².